The van der Waals surface area contributed by atoms with Crippen LogP contribution in [-0.2, 0) is 6.42 Å². The highest BCUT2D eigenvalue weighted by Crippen LogP contribution is 2.02. The number of aromatic amines is 1. The van der Waals surface area contributed by atoms with Crippen molar-refractivity contribution in [3.63, 3.8) is 0 Å². The lowest BCUT2D eigenvalue weighted by atomic mass is 10.2. The van der Waals surface area contributed by atoms with E-state index < -0.39 is 0 Å². The molecule has 0 unspecified atom stereocenters. The Balaban J connectivity index is 1.77. The summed E-state index contributed by atoms with van der Waals surface area (Å²) in [5, 5.41) is 2.86. The topological polar surface area (TPSA) is 70.7 Å². The van der Waals surface area contributed by atoms with Gasteiger partial charge in [-0.2, -0.15) is 0 Å². The summed E-state index contributed by atoms with van der Waals surface area (Å²) in [6, 6.07) is 3.70. The minimum atomic E-state index is -0.118. The van der Waals surface area contributed by atoms with E-state index >= 15 is 0 Å². The van der Waals surface area contributed by atoms with Crippen molar-refractivity contribution in [1.82, 2.24) is 20.3 Å². The Kier molecular flexibility index (Phi) is 4.06. The van der Waals surface area contributed by atoms with Gasteiger partial charge in [0.1, 0.15) is 11.5 Å². The molecular weight excluding hydrogens is 228 g/mol. The molecule has 0 aromatic carbocycles. The van der Waals surface area contributed by atoms with Crippen molar-refractivity contribution < 1.29 is 4.79 Å². The van der Waals surface area contributed by atoms with E-state index in [9.17, 15) is 4.79 Å². The fourth-order valence-corrected chi connectivity index (χ4v) is 1.70. The number of nitrogens with one attached hydrogen (secondary N) is 2. The van der Waals surface area contributed by atoms with Crippen molar-refractivity contribution in [1.29, 1.82) is 0 Å². The third kappa shape index (κ3) is 3.16. The van der Waals surface area contributed by atoms with E-state index in [0.29, 0.717) is 12.2 Å². The van der Waals surface area contributed by atoms with Crippen molar-refractivity contribution >= 4 is 5.91 Å². The van der Waals surface area contributed by atoms with E-state index in [2.05, 4.69) is 20.3 Å². The molecule has 0 aliphatic heterocycles. The third-order valence-electron chi connectivity index (χ3n) is 2.66. The quantitative estimate of drug-likeness (QED) is 0.782. The largest absolute Gasteiger partial charge is 0.351 e. The molecule has 2 N–H and O–H groups in total. The summed E-state index contributed by atoms with van der Waals surface area (Å²) < 4.78 is 0. The molecule has 5 heteroatoms. The molecule has 18 heavy (non-hydrogen) atoms. The summed E-state index contributed by atoms with van der Waals surface area (Å²) in [5.41, 5.74) is 1.39. The molecule has 0 aliphatic carbocycles. The summed E-state index contributed by atoms with van der Waals surface area (Å²) in [5.74, 6) is 0.825. The van der Waals surface area contributed by atoms with E-state index in [-0.39, 0.29) is 5.91 Å². The monoisotopic (exact) mass is 244 g/mol. The summed E-state index contributed by atoms with van der Waals surface area (Å²) in [4.78, 5) is 23.1. The second-order valence-electron chi connectivity index (χ2n) is 4.06. The molecular formula is C13H16N4O. The summed E-state index contributed by atoms with van der Waals surface area (Å²) in [7, 11) is 0. The van der Waals surface area contributed by atoms with Crippen LogP contribution in [0.25, 0.3) is 0 Å². The van der Waals surface area contributed by atoms with E-state index in [0.717, 1.165) is 24.2 Å². The number of aryl methyl sites for hydroxylation is 2. The number of imidazole rings is 1. The second kappa shape index (κ2) is 5.95. The average Bonchev–Trinajstić information content (AvgIpc) is 2.88. The van der Waals surface area contributed by atoms with Crippen LogP contribution in [0.2, 0.25) is 0 Å². The molecule has 1 amide bonds. The van der Waals surface area contributed by atoms with Crippen molar-refractivity contribution in [2.24, 2.45) is 0 Å². The first-order valence-electron chi connectivity index (χ1n) is 5.95. The van der Waals surface area contributed by atoms with Gasteiger partial charge in [0.25, 0.3) is 5.91 Å². The summed E-state index contributed by atoms with van der Waals surface area (Å²) in [6.07, 6.45) is 6.83. The maximum absolute atomic E-state index is 11.8. The molecule has 2 heterocycles. The number of carbonyl (C=O) groups is 1. The van der Waals surface area contributed by atoms with Crippen molar-refractivity contribution in [3.05, 3.63) is 47.8 Å². The van der Waals surface area contributed by atoms with Crippen molar-refractivity contribution in [3.8, 4) is 0 Å². The fraction of sp³-hybridized carbons (Fsp3) is 0.308. The van der Waals surface area contributed by atoms with Gasteiger partial charge in [0.05, 0.1) is 0 Å². The second-order valence-corrected chi connectivity index (χ2v) is 4.06. The number of carbonyl (C=O) groups excluding carboxylic acids is 1. The minimum absolute atomic E-state index is 0.118. The maximum atomic E-state index is 11.8. The van der Waals surface area contributed by atoms with Gasteiger partial charge in [-0.05, 0) is 25.0 Å². The number of nitrogens with zero attached hydrogens (tertiary/aromatic N) is 2. The molecule has 0 bridgehead atoms. The number of hydrogen-bond acceptors (Lipinski definition) is 3. The number of amides is 1. The van der Waals surface area contributed by atoms with Crippen LogP contribution in [-0.4, -0.2) is 27.4 Å². The Morgan fingerprint density at radius 3 is 3.00 bits per heavy atom. The zero-order chi connectivity index (χ0) is 12.8. The first kappa shape index (κ1) is 12.3. The molecule has 94 valence electrons. The summed E-state index contributed by atoms with van der Waals surface area (Å²) in [6.45, 7) is 2.50. The van der Waals surface area contributed by atoms with Crippen LogP contribution in [0.4, 0.5) is 0 Å². The van der Waals surface area contributed by atoms with Crippen molar-refractivity contribution in [2.75, 3.05) is 6.54 Å². The van der Waals surface area contributed by atoms with Crippen LogP contribution < -0.4 is 5.32 Å². The number of pyridine rings is 1. The highest BCUT2D eigenvalue weighted by Gasteiger charge is 2.08. The third-order valence-corrected chi connectivity index (χ3v) is 2.66. The van der Waals surface area contributed by atoms with Crippen LogP contribution in [0.15, 0.2) is 30.7 Å². The van der Waals surface area contributed by atoms with Crippen LogP contribution in [0.3, 0.4) is 0 Å². The van der Waals surface area contributed by atoms with E-state index in [1.165, 1.54) is 0 Å². The lowest BCUT2D eigenvalue weighted by Gasteiger charge is -2.05. The molecule has 2 aromatic rings. The molecule has 0 fully saturated rings. The Labute approximate surface area is 106 Å². The standard InChI is InChI=1S/C13H16N4O/c1-10-4-2-6-16-12(10)13(18)17-7-3-5-11-14-8-9-15-11/h2,4,6,8-9H,3,5,7H2,1H3,(H,14,15)(H,17,18). The smallest absolute Gasteiger partial charge is 0.270 e. The molecule has 0 saturated heterocycles. The fourth-order valence-electron chi connectivity index (χ4n) is 1.70. The summed E-state index contributed by atoms with van der Waals surface area (Å²) >= 11 is 0. The van der Waals surface area contributed by atoms with E-state index in [1.54, 1.807) is 18.6 Å². The van der Waals surface area contributed by atoms with Gasteiger partial charge < -0.3 is 10.3 Å². The molecule has 2 rings (SSSR count). The van der Waals surface area contributed by atoms with Gasteiger partial charge >= 0.3 is 0 Å². The number of rotatable bonds is 5. The van der Waals surface area contributed by atoms with Crippen LogP contribution >= 0.6 is 0 Å². The molecule has 2 aromatic heterocycles. The van der Waals surface area contributed by atoms with E-state index in [4.69, 9.17) is 0 Å². The van der Waals surface area contributed by atoms with Gasteiger partial charge in [-0.1, -0.05) is 6.07 Å². The minimum Gasteiger partial charge on any atom is -0.351 e. The van der Waals surface area contributed by atoms with Crippen molar-refractivity contribution in [2.45, 2.75) is 19.8 Å². The van der Waals surface area contributed by atoms with Gasteiger partial charge in [0.2, 0.25) is 0 Å². The highest BCUT2D eigenvalue weighted by atomic mass is 16.1. The number of aromatic nitrogens is 3. The Morgan fingerprint density at radius 2 is 2.28 bits per heavy atom. The first-order valence-corrected chi connectivity index (χ1v) is 5.95. The maximum Gasteiger partial charge on any atom is 0.270 e. The predicted molar refractivity (Wildman–Crippen MR) is 68.2 cm³/mol. The van der Waals surface area contributed by atoms with Crippen LogP contribution in [0, 0.1) is 6.92 Å². The van der Waals surface area contributed by atoms with Gasteiger partial charge in [-0.25, -0.2) is 4.98 Å². The predicted octanol–water partition coefficient (Wildman–Crippen LogP) is 1.48. The van der Waals surface area contributed by atoms with Crippen LogP contribution in [0.1, 0.15) is 28.3 Å². The molecule has 5 nitrogen and oxygen atoms in total. The van der Waals surface area contributed by atoms with E-state index in [1.807, 2.05) is 19.1 Å². The zero-order valence-electron chi connectivity index (χ0n) is 10.3. The molecule has 0 saturated carbocycles. The Hall–Kier alpha value is -2.17. The average molecular weight is 244 g/mol. The molecule has 0 aliphatic rings. The first-order chi connectivity index (χ1) is 8.77. The number of H-pyrrole nitrogens is 1. The Morgan fingerprint density at radius 1 is 1.39 bits per heavy atom. The van der Waals surface area contributed by atoms with Crippen LogP contribution in [0.5, 0.6) is 0 Å². The van der Waals surface area contributed by atoms with Gasteiger partial charge in [-0.3, -0.25) is 9.78 Å². The van der Waals surface area contributed by atoms with Gasteiger partial charge in [-0.15, -0.1) is 0 Å². The SMILES string of the molecule is Cc1cccnc1C(=O)NCCCc1ncc[nH]1. The normalized spacial score (nSPS) is 10.3. The molecule has 0 atom stereocenters. The zero-order valence-corrected chi connectivity index (χ0v) is 10.3. The van der Waals surface area contributed by atoms with Gasteiger partial charge in [0, 0.05) is 31.6 Å². The molecule has 0 spiro atoms. The number of hydrogen-bond donors (Lipinski definition) is 2. The lowest BCUT2D eigenvalue weighted by molar-refractivity contribution is 0.0947. The molecule has 0 radical (unpaired) electrons. The highest BCUT2D eigenvalue weighted by molar-refractivity contribution is 5.93. The van der Waals surface area contributed by atoms with Gasteiger partial charge in [0.15, 0.2) is 0 Å². The lowest BCUT2D eigenvalue weighted by Crippen LogP contribution is -2.26. The Bertz CT molecular complexity index is 507.